The van der Waals surface area contributed by atoms with Gasteiger partial charge in [-0.2, -0.15) is 0 Å². The highest BCUT2D eigenvalue weighted by atomic mass is 16.3. The van der Waals surface area contributed by atoms with Gasteiger partial charge in [-0.3, -0.25) is 0 Å². The minimum Gasteiger partial charge on any atom is -0.509 e. The van der Waals surface area contributed by atoms with E-state index in [4.69, 9.17) is 94.2 Å². The fourth-order valence-electron chi connectivity index (χ4n) is 11.0. The van der Waals surface area contributed by atoms with Crippen LogP contribution in [0.15, 0.2) is 103 Å². The van der Waals surface area contributed by atoms with E-state index in [9.17, 15) is 25.5 Å². The summed E-state index contributed by atoms with van der Waals surface area (Å²) in [6.07, 6.45) is 0. The number of fused-ring (bicyclic) bond motifs is 13. The number of nitrogens with zero attached hydrogens (tertiary/aromatic N) is 2. The molecule has 0 aliphatic heterocycles. The summed E-state index contributed by atoms with van der Waals surface area (Å²) in [6, 6.07) is 33.5. The molecule has 0 unspecified atom stereocenters. The van der Waals surface area contributed by atoms with Crippen molar-refractivity contribution in [2.45, 2.75) is 0 Å². The summed E-state index contributed by atoms with van der Waals surface area (Å²) >= 11 is 0. The molecule has 2 aromatic heterocycles. The molecule has 0 fully saturated rings. The van der Waals surface area contributed by atoms with E-state index < -0.39 is 39.4 Å². The summed E-state index contributed by atoms with van der Waals surface area (Å²) in [5.41, 5.74) is 1.89. The summed E-state index contributed by atoms with van der Waals surface area (Å²) in [5, 5.41) is 60.9. The number of aromatic hydroxyl groups is 5. The van der Waals surface area contributed by atoms with Crippen molar-refractivity contribution < 1.29 is 25.5 Å². The van der Waals surface area contributed by atoms with E-state index in [0.29, 0.717) is 27.4 Å². The van der Waals surface area contributed by atoms with Gasteiger partial charge in [-0.05, 0) is 89.9 Å². The molecular weight excluding hydrogens is 886 g/mol. The molecule has 0 aliphatic carbocycles. The highest BCUT2D eigenvalue weighted by molar-refractivity contribution is 6.69. The van der Waals surface area contributed by atoms with Gasteiger partial charge >= 0.3 is 0 Å². The topological polar surface area (TPSA) is 111 Å². The van der Waals surface area contributed by atoms with Gasteiger partial charge in [0.2, 0.25) is 0 Å². The van der Waals surface area contributed by atoms with Crippen LogP contribution in [-0.4, -0.2) is 129 Å². The number of aromatic nitrogens is 2. The Labute approximate surface area is 433 Å². The van der Waals surface area contributed by atoms with Crippen molar-refractivity contribution in [2.24, 2.45) is 0 Å². The predicted octanol–water partition coefficient (Wildman–Crippen LogP) is -1.27. The fraction of sp³-hybridized carbons (Fsp3) is 0. The van der Waals surface area contributed by atoms with Gasteiger partial charge in [-0.15, -0.1) is 16.4 Å². The second-order valence-corrected chi connectivity index (χ2v) is 18.2. The van der Waals surface area contributed by atoms with Crippen LogP contribution >= 0.6 is 0 Å². The van der Waals surface area contributed by atoms with Gasteiger partial charge in [0.25, 0.3) is 0 Å². The standard InChI is InChI=1S/C54H22B12N2O5/c55-34-27-26-28(32-29(31(27)50(69)43(64)40(34)61)37(58)52(71)45(66)51(32)70)38(59)53(72)49(36(26)57)68-46-30(33-35(56)39(60)41(62)42(63)47(33)68)25-23-13-7-8-14-24(23)67(48(25)54(73)44(46)65)22-16-20(18-9-3-1-4-10-18)15-21(17-22)19-11-5-2-6-12-19/h1-17,69-73H. The first-order valence-corrected chi connectivity index (χ1v) is 22.6. The molecule has 0 saturated heterocycles. The van der Waals surface area contributed by atoms with Crippen molar-refractivity contribution in [3.8, 4) is 62.4 Å². The van der Waals surface area contributed by atoms with E-state index in [0.717, 1.165) is 22.3 Å². The molecule has 0 aliphatic rings. The Morgan fingerprint density at radius 2 is 0.740 bits per heavy atom. The second kappa shape index (κ2) is 16.2. The Morgan fingerprint density at radius 1 is 0.274 bits per heavy atom. The third-order valence-corrected chi connectivity index (χ3v) is 14.4. The lowest BCUT2D eigenvalue weighted by atomic mass is 9.65. The van der Waals surface area contributed by atoms with E-state index in [1.165, 1.54) is 4.57 Å². The lowest BCUT2D eigenvalue weighted by Crippen LogP contribution is -2.48. The molecule has 0 amide bonds. The Balaban J connectivity index is 1.32. The lowest BCUT2D eigenvalue weighted by molar-refractivity contribution is 0.465. The highest BCUT2D eigenvalue weighted by Gasteiger charge is 2.32. The Morgan fingerprint density at radius 3 is 1.36 bits per heavy atom. The van der Waals surface area contributed by atoms with E-state index >= 15 is 0 Å². The van der Waals surface area contributed by atoms with Crippen LogP contribution in [0.5, 0.6) is 28.7 Å². The zero-order chi connectivity index (χ0) is 51.5. The smallest absolute Gasteiger partial charge is 0.135 e. The quantitative estimate of drug-likeness (QED) is 0.112. The van der Waals surface area contributed by atoms with Crippen LogP contribution < -0.4 is 65.6 Å². The summed E-state index contributed by atoms with van der Waals surface area (Å²) in [4.78, 5) is 0. The molecule has 0 atom stereocenters. The van der Waals surface area contributed by atoms with Crippen LogP contribution in [0.1, 0.15) is 0 Å². The molecule has 10 aromatic carbocycles. The van der Waals surface area contributed by atoms with Crippen LogP contribution in [0.3, 0.4) is 0 Å². The largest absolute Gasteiger partial charge is 0.509 e. The molecule has 24 radical (unpaired) electrons. The van der Waals surface area contributed by atoms with Crippen molar-refractivity contribution in [3.05, 3.63) is 103 Å². The number of para-hydroxylation sites is 1. The van der Waals surface area contributed by atoms with Gasteiger partial charge in [0.1, 0.15) is 123 Å². The van der Waals surface area contributed by atoms with Crippen molar-refractivity contribution >= 4 is 236 Å². The maximum absolute atomic E-state index is 12.9. The molecule has 0 spiro atoms. The first-order chi connectivity index (χ1) is 34.9. The van der Waals surface area contributed by atoms with Gasteiger partial charge in [-0.1, -0.05) is 106 Å². The zero-order valence-electron chi connectivity index (χ0n) is 38.4. The number of hydrogen-bond acceptors (Lipinski definition) is 5. The monoisotopic (exact) mass is 910 g/mol. The summed E-state index contributed by atoms with van der Waals surface area (Å²) in [7, 11) is 81.4. The fourth-order valence-corrected chi connectivity index (χ4v) is 11.0. The van der Waals surface area contributed by atoms with Gasteiger partial charge < -0.3 is 34.7 Å². The van der Waals surface area contributed by atoms with Crippen molar-refractivity contribution in [1.82, 2.24) is 9.13 Å². The first kappa shape index (κ1) is 46.4. The molecule has 0 saturated carbocycles. The molecule has 5 N–H and O–H groups in total. The van der Waals surface area contributed by atoms with Crippen LogP contribution in [-0.2, 0) is 0 Å². The van der Waals surface area contributed by atoms with Crippen LogP contribution in [0.2, 0.25) is 0 Å². The third-order valence-electron chi connectivity index (χ3n) is 14.4. The highest BCUT2D eigenvalue weighted by Crippen LogP contribution is 2.47. The minimum atomic E-state index is -0.740. The van der Waals surface area contributed by atoms with E-state index in [1.807, 2.05) is 102 Å². The van der Waals surface area contributed by atoms with Gasteiger partial charge in [0.15, 0.2) is 0 Å². The van der Waals surface area contributed by atoms with Crippen LogP contribution in [0.4, 0.5) is 0 Å². The van der Waals surface area contributed by atoms with Gasteiger partial charge in [-0.25, -0.2) is 0 Å². The van der Waals surface area contributed by atoms with Crippen LogP contribution in [0, 0.1) is 0 Å². The number of rotatable bonds is 4. The third kappa shape index (κ3) is 6.05. The summed E-state index contributed by atoms with van der Waals surface area (Å²) in [5.74, 6) is -3.22. The lowest BCUT2D eigenvalue weighted by Gasteiger charge is -2.27. The van der Waals surface area contributed by atoms with Crippen molar-refractivity contribution in [3.63, 3.8) is 0 Å². The number of phenolic OH excluding ortho intramolecular Hbond substituents is 5. The maximum atomic E-state index is 12.9. The summed E-state index contributed by atoms with van der Waals surface area (Å²) < 4.78 is 3.30. The number of benzene rings is 10. The molecule has 2 heterocycles. The van der Waals surface area contributed by atoms with Gasteiger partial charge in [0, 0.05) is 43.5 Å². The number of hydrogen-bond donors (Lipinski definition) is 5. The molecular formula is C54H22B12N2O5. The maximum Gasteiger partial charge on any atom is 0.135 e. The normalized spacial score (nSPS) is 11.9. The zero-order valence-corrected chi connectivity index (χ0v) is 38.4. The molecule has 73 heavy (non-hydrogen) atoms. The Bertz CT molecular complexity index is 4420. The molecule has 12 rings (SSSR count). The molecule has 19 heteroatoms. The van der Waals surface area contributed by atoms with E-state index in [-0.39, 0.29) is 115 Å². The van der Waals surface area contributed by atoms with Crippen LogP contribution in [0.25, 0.3) is 110 Å². The van der Waals surface area contributed by atoms with Crippen molar-refractivity contribution in [2.75, 3.05) is 0 Å². The first-order valence-electron chi connectivity index (χ1n) is 22.6. The minimum absolute atomic E-state index is 0.0255. The SMILES string of the molecule is [B]c1c([B])c(O)c2c(c1[B])c1c([B])c(-n3c4c([B])c([B])c([B])c([B])c4c4c5c6ccccc6n(-c6cc(-c7ccccc7)cc(-c7ccccc7)c6)c5c(O)c([B])c43)c(O)c([B])c1c1c(O)c([B])c(O)c([B])c21. The Hall–Kier alpha value is -7.64. The predicted molar refractivity (Wildman–Crippen MR) is 311 cm³/mol. The van der Waals surface area contributed by atoms with E-state index in [1.54, 1.807) is 0 Å². The van der Waals surface area contributed by atoms with Gasteiger partial charge in [0.05, 0.1) is 22.2 Å². The van der Waals surface area contributed by atoms with E-state index in [2.05, 4.69) is 6.07 Å². The molecule has 7 nitrogen and oxygen atoms in total. The average molecular weight is 909 g/mol. The molecule has 0 bridgehead atoms. The average Bonchev–Trinajstić information content (AvgIpc) is 3.94. The number of phenols is 5. The second-order valence-electron chi connectivity index (χ2n) is 18.2. The summed E-state index contributed by atoms with van der Waals surface area (Å²) in [6.45, 7) is 0. The molecule has 314 valence electrons. The Kier molecular flexibility index (Phi) is 10.3. The van der Waals surface area contributed by atoms with Crippen molar-refractivity contribution in [1.29, 1.82) is 0 Å². The molecule has 12 aromatic rings.